The summed E-state index contributed by atoms with van der Waals surface area (Å²) in [5.41, 5.74) is 8.29. The number of amides is 2. The average molecular weight is 410 g/mol. The van der Waals surface area contributed by atoms with E-state index in [1.54, 1.807) is 24.3 Å². The fraction of sp³-hybridized carbons (Fsp3) is 0.0800. The molecule has 0 aliphatic rings. The molecule has 3 N–H and O–H groups in total. The van der Waals surface area contributed by atoms with Crippen LogP contribution in [0, 0.1) is 11.3 Å². The molecule has 3 aromatic rings. The summed E-state index contributed by atoms with van der Waals surface area (Å²) in [5, 5.41) is 12.6. The minimum atomic E-state index is -0.588. The van der Waals surface area contributed by atoms with Gasteiger partial charge in [0.25, 0.3) is 5.91 Å². The topological polar surface area (TPSA) is 99.2 Å². The van der Waals surface area contributed by atoms with Crippen molar-refractivity contribution in [3.05, 3.63) is 108 Å². The van der Waals surface area contributed by atoms with E-state index >= 15 is 0 Å². The van der Waals surface area contributed by atoms with Gasteiger partial charge in [-0.25, -0.2) is 0 Å². The Labute approximate surface area is 181 Å². The number of hydrogen-bond donors (Lipinski definition) is 2. The van der Waals surface area contributed by atoms with Crippen LogP contribution in [-0.2, 0) is 9.59 Å². The molecule has 0 spiro atoms. The molecular formula is C25H22N4O2. The second-order valence-corrected chi connectivity index (χ2v) is 6.87. The first-order chi connectivity index (χ1) is 15.0. The van der Waals surface area contributed by atoms with Crippen molar-refractivity contribution < 1.29 is 9.59 Å². The van der Waals surface area contributed by atoms with Crippen LogP contribution in [-0.4, -0.2) is 11.8 Å². The van der Waals surface area contributed by atoms with Crippen molar-refractivity contribution >= 4 is 23.2 Å². The second-order valence-electron chi connectivity index (χ2n) is 6.87. The third-order valence-corrected chi connectivity index (χ3v) is 4.65. The fourth-order valence-electron chi connectivity index (χ4n) is 3.15. The third kappa shape index (κ3) is 5.37. The molecule has 0 heterocycles. The molecule has 31 heavy (non-hydrogen) atoms. The zero-order valence-corrected chi connectivity index (χ0v) is 17.0. The summed E-state index contributed by atoms with van der Waals surface area (Å²) in [4.78, 5) is 26.4. The highest BCUT2D eigenvalue weighted by molar-refractivity contribution is 6.01. The Hall–Kier alpha value is -4.37. The lowest BCUT2D eigenvalue weighted by Crippen LogP contribution is -2.32. The Kier molecular flexibility index (Phi) is 6.82. The molecular weight excluding hydrogens is 388 g/mol. The Morgan fingerprint density at radius 2 is 1.55 bits per heavy atom. The molecule has 3 aromatic carbocycles. The number of nitrogens with one attached hydrogen (secondary N) is 1. The number of benzene rings is 3. The standard InChI is InChI=1S/C25H22N4O2/c1-18(30)29(23-14-8-13-22(27)15-23)17-21(16-26)25(31)28-24(19-9-4-2-5-10-19)20-11-6-3-7-12-20/h2-15,17,24H,27H2,1H3,(H,28,31)/b21-17-. The SMILES string of the molecule is CC(=O)N(/C=C(/C#N)C(=O)NC(c1ccccc1)c1ccccc1)c1cccc(N)c1. The molecule has 6 heteroatoms. The Morgan fingerprint density at radius 1 is 0.968 bits per heavy atom. The lowest BCUT2D eigenvalue weighted by molar-refractivity contribution is -0.117. The lowest BCUT2D eigenvalue weighted by atomic mass is 9.98. The number of nitrogens with two attached hydrogens (primary N) is 1. The van der Waals surface area contributed by atoms with Crippen LogP contribution in [0.5, 0.6) is 0 Å². The van der Waals surface area contributed by atoms with Gasteiger partial charge >= 0.3 is 0 Å². The Morgan fingerprint density at radius 3 is 2.03 bits per heavy atom. The van der Waals surface area contributed by atoms with Crippen molar-refractivity contribution in [3.63, 3.8) is 0 Å². The van der Waals surface area contributed by atoms with E-state index in [0.717, 1.165) is 11.1 Å². The minimum Gasteiger partial charge on any atom is -0.399 e. The second kappa shape index (κ2) is 9.90. The van der Waals surface area contributed by atoms with Crippen molar-refractivity contribution in [1.82, 2.24) is 5.32 Å². The van der Waals surface area contributed by atoms with Gasteiger partial charge in [-0.3, -0.25) is 14.5 Å². The van der Waals surface area contributed by atoms with Gasteiger partial charge in [0.2, 0.25) is 5.91 Å². The first-order valence-corrected chi connectivity index (χ1v) is 9.67. The van der Waals surface area contributed by atoms with Crippen molar-refractivity contribution in [2.75, 3.05) is 10.6 Å². The smallest absolute Gasteiger partial charge is 0.264 e. The maximum atomic E-state index is 13.0. The van der Waals surface area contributed by atoms with Gasteiger partial charge in [-0.05, 0) is 29.3 Å². The van der Waals surface area contributed by atoms with E-state index in [2.05, 4.69) is 5.32 Å². The van der Waals surface area contributed by atoms with Crippen LogP contribution in [0.2, 0.25) is 0 Å². The Bertz CT molecular complexity index is 1100. The molecule has 2 amide bonds. The zero-order valence-electron chi connectivity index (χ0n) is 17.0. The van der Waals surface area contributed by atoms with Gasteiger partial charge < -0.3 is 11.1 Å². The van der Waals surface area contributed by atoms with E-state index in [4.69, 9.17) is 5.73 Å². The summed E-state index contributed by atoms with van der Waals surface area (Å²) in [6.07, 6.45) is 1.24. The number of nitrogens with zero attached hydrogens (tertiary/aromatic N) is 2. The quantitative estimate of drug-likeness (QED) is 0.365. The highest BCUT2D eigenvalue weighted by atomic mass is 16.2. The molecule has 0 fully saturated rings. The number of nitriles is 1. The van der Waals surface area contributed by atoms with Crippen LogP contribution in [0.1, 0.15) is 24.1 Å². The van der Waals surface area contributed by atoms with Crippen LogP contribution < -0.4 is 16.0 Å². The molecule has 0 aliphatic carbocycles. The van der Waals surface area contributed by atoms with Gasteiger partial charge in [-0.2, -0.15) is 5.26 Å². The largest absolute Gasteiger partial charge is 0.399 e. The maximum Gasteiger partial charge on any atom is 0.264 e. The number of carbonyl (C=O) groups is 2. The molecule has 0 saturated carbocycles. The van der Waals surface area contributed by atoms with Gasteiger partial charge in [0.1, 0.15) is 11.6 Å². The van der Waals surface area contributed by atoms with Crippen molar-refractivity contribution in [2.45, 2.75) is 13.0 Å². The normalized spacial score (nSPS) is 10.9. The summed E-state index contributed by atoms with van der Waals surface area (Å²) < 4.78 is 0. The van der Waals surface area contributed by atoms with Crippen molar-refractivity contribution in [3.8, 4) is 6.07 Å². The number of hydrogen-bond acceptors (Lipinski definition) is 4. The summed E-state index contributed by atoms with van der Waals surface area (Å²) in [6, 6.07) is 27.1. The lowest BCUT2D eigenvalue weighted by Gasteiger charge is -2.21. The first kappa shape index (κ1) is 21.3. The number of nitrogen functional groups attached to an aromatic ring is 1. The molecule has 0 radical (unpaired) electrons. The van der Waals surface area contributed by atoms with E-state index < -0.39 is 11.9 Å². The molecule has 0 aromatic heterocycles. The minimum absolute atomic E-state index is 0.200. The van der Waals surface area contributed by atoms with Gasteiger partial charge in [-0.15, -0.1) is 0 Å². The first-order valence-electron chi connectivity index (χ1n) is 9.67. The average Bonchev–Trinajstić information content (AvgIpc) is 2.79. The highest BCUT2D eigenvalue weighted by Crippen LogP contribution is 2.23. The predicted molar refractivity (Wildman–Crippen MR) is 121 cm³/mol. The van der Waals surface area contributed by atoms with Crippen molar-refractivity contribution in [2.24, 2.45) is 0 Å². The molecule has 0 aliphatic heterocycles. The fourth-order valence-corrected chi connectivity index (χ4v) is 3.15. The third-order valence-electron chi connectivity index (χ3n) is 4.65. The van der Waals surface area contributed by atoms with E-state index in [-0.39, 0.29) is 11.5 Å². The zero-order chi connectivity index (χ0) is 22.2. The van der Waals surface area contributed by atoms with Crippen LogP contribution >= 0.6 is 0 Å². The molecule has 0 unspecified atom stereocenters. The van der Waals surface area contributed by atoms with E-state index in [9.17, 15) is 14.9 Å². The van der Waals surface area contributed by atoms with Crippen LogP contribution in [0.25, 0.3) is 0 Å². The molecule has 0 atom stereocenters. The van der Waals surface area contributed by atoms with Crippen LogP contribution in [0.3, 0.4) is 0 Å². The molecule has 154 valence electrons. The summed E-state index contributed by atoms with van der Waals surface area (Å²) in [5.74, 6) is -0.941. The van der Waals surface area contributed by atoms with E-state index in [1.807, 2.05) is 66.7 Å². The number of anilines is 2. The number of rotatable bonds is 6. The van der Waals surface area contributed by atoms with E-state index in [0.29, 0.717) is 11.4 Å². The summed E-state index contributed by atoms with van der Waals surface area (Å²) >= 11 is 0. The van der Waals surface area contributed by atoms with Crippen LogP contribution in [0.4, 0.5) is 11.4 Å². The molecule has 6 nitrogen and oxygen atoms in total. The van der Waals surface area contributed by atoms with E-state index in [1.165, 1.54) is 18.0 Å². The summed E-state index contributed by atoms with van der Waals surface area (Å²) in [7, 11) is 0. The summed E-state index contributed by atoms with van der Waals surface area (Å²) in [6.45, 7) is 1.35. The van der Waals surface area contributed by atoms with Gasteiger partial charge in [0.05, 0.1) is 11.7 Å². The molecule has 0 saturated heterocycles. The van der Waals surface area contributed by atoms with Crippen LogP contribution in [0.15, 0.2) is 96.7 Å². The maximum absolute atomic E-state index is 13.0. The Balaban J connectivity index is 1.94. The monoisotopic (exact) mass is 410 g/mol. The number of carbonyl (C=O) groups excluding carboxylic acids is 2. The van der Waals surface area contributed by atoms with Crippen molar-refractivity contribution in [1.29, 1.82) is 5.26 Å². The van der Waals surface area contributed by atoms with Gasteiger partial charge in [-0.1, -0.05) is 66.7 Å². The molecule has 3 rings (SSSR count). The predicted octanol–water partition coefficient (Wildman–Crippen LogP) is 3.93. The molecule has 0 bridgehead atoms. The van der Waals surface area contributed by atoms with Gasteiger partial charge in [0.15, 0.2) is 0 Å². The van der Waals surface area contributed by atoms with Gasteiger partial charge in [0, 0.05) is 18.8 Å². The highest BCUT2D eigenvalue weighted by Gasteiger charge is 2.21.